The highest BCUT2D eigenvalue weighted by atomic mass is 35.5. The number of nitrogens with one attached hydrogen (secondary N) is 1. The van der Waals surface area contributed by atoms with Gasteiger partial charge in [-0.3, -0.25) is 4.79 Å². The fraction of sp³-hybridized carbons (Fsp3) is 0.600. The van der Waals surface area contributed by atoms with Crippen LogP contribution in [-0.2, 0) is 4.79 Å². The minimum atomic E-state index is -4.35. The van der Waals surface area contributed by atoms with E-state index in [1.165, 1.54) is 6.92 Å². The number of nitrogens with zero attached hydrogens (tertiary/aromatic N) is 1. The van der Waals surface area contributed by atoms with Crippen LogP contribution >= 0.6 is 11.6 Å². The Bertz CT molecular complexity index is 873. The summed E-state index contributed by atoms with van der Waals surface area (Å²) in [6.07, 6.45) is -4.67. The highest BCUT2D eigenvalue weighted by Gasteiger charge is 2.55. The molecule has 2 fully saturated rings. The Balaban J connectivity index is 2.11. The monoisotopic (exact) mass is 467 g/mol. The molecule has 0 bridgehead atoms. The van der Waals surface area contributed by atoms with Crippen molar-refractivity contribution in [2.45, 2.75) is 50.2 Å². The molecule has 0 radical (unpaired) electrons. The van der Waals surface area contributed by atoms with Crippen LogP contribution in [0, 0.1) is 23.5 Å². The molecule has 1 aliphatic heterocycles. The van der Waals surface area contributed by atoms with Crippen molar-refractivity contribution in [1.82, 2.24) is 10.2 Å². The molecule has 1 unspecified atom stereocenters. The minimum Gasteiger partial charge on any atom is -0.352 e. The van der Waals surface area contributed by atoms with Gasteiger partial charge < -0.3 is 16.0 Å². The second-order valence-electron chi connectivity index (χ2n) is 8.29. The van der Waals surface area contributed by atoms with Crippen molar-refractivity contribution in [3.8, 4) is 0 Å². The lowest BCUT2D eigenvalue weighted by molar-refractivity contribution is -0.185. The van der Waals surface area contributed by atoms with Crippen molar-refractivity contribution in [2.75, 3.05) is 13.1 Å². The smallest absolute Gasteiger partial charge is 0.352 e. The Morgan fingerprint density at radius 1 is 1.26 bits per heavy atom. The van der Waals surface area contributed by atoms with Gasteiger partial charge in [0.05, 0.1) is 5.92 Å². The highest BCUT2D eigenvalue weighted by Crippen LogP contribution is 2.50. The van der Waals surface area contributed by atoms with Crippen LogP contribution in [0.3, 0.4) is 0 Å². The molecule has 172 valence electrons. The molecule has 1 aliphatic carbocycles. The first-order valence-electron chi connectivity index (χ1n) is 9.94. The van der Waals surface area contributed by atoms with E-state index >= 15 is 4.39 Å². The summed E-state index contributed by atoms with van der Waals surface area (Å²) in [6.45, 7) is 1.57. The number of primary amides is 1. The zero-order valence-electron chi connectivity index (χ0n) is 16.7. The number of carbonyl (C=O) groups is 2. The van der Waals surface area contributed by atoms with E-state index in [1.807, 2.05) is 0 Å². The van der Waals surface area contributed by atoms with Gasteiger partial charge in [-0.15, -0.1) is 0 Å². The van der Waals surface area contributed by atoms with Crippen molar-refractivity contribution >= 4 is 23.5 Å². The largest absolute Gasteiger partial charge is 0.391 e. The van der Waals surface area contributed by atoms with Gasteiger partial charge in [0.1, 0.15) is 22.2 Å². The number of nitrogens with two attached hydrogens (primary N) is 1. The summed E-state index contributed by atoms with van der Waals surface area (Å²) in [6, 6.07) is 1.15. The number of hydrogen-bond acceptors (Lipinski definition) is 2. The van der Waals surface area contributed by atoms with Crippen LogP contribution in [-0.4, -0.2) is 41.6 Å². The number of rotatable bonds is 3. The summed E-state index contributed by atoms with van der Waals surface area (Å²) in [7, 11) is 0. The van der Waals surface area contributed by atoms with Crippen molar-refractivity contribution in [2.24, 2.45) is 17.6 Å². The number of hydrogen-bond donors (Lipinski definition) is 2. The van der Waals surface area contributed by atoms with Crippen LogP contribution in [0.4, 0.5) is 26.7 Å². The molecule has 3 rings (SSSR count). The van der Waals surface area contributed by atoms with Crippen LogP contribution in [0.25, 0.3) is 0 Å². The van der Waals surface area contributed by atoms with Gasteiger partial charge in [0.15, 0.2) is 0 Å². The molecular weight excluding hydrogens is 445 g/mol. The Morgan fingerprint density at radius 2 is 1.87 bits per heavy atom. The first kappa shape index (κ1) is 23.6. The van der Waals surface area contributed by atoms with Crippen molar-refractivity contribution in [3.05, 3.63) is 34.4 Å². The second-order valence-corrected chi connectivity index (χ2v) is 8.67. The molecule has 5 nitrogen and oxygen atoms in total. The minimum absolute atomic E-state index is 0.0404. The number of halogens is 6. The van der Waals surface area contributed by atoms with Gasteiger partial charge >= 0.3 is 12.2 Å². The fourth-order valence-corrected chi connectivity index (χ4v) is 5.21. The average Bonchev–Trinajstić information content (AvgIpc) is 2.70. The molecule has 1 aromatic rings. The van der Waals surface area contributed by atoms with Gasteiger partial charge in [0, 0.05) is 19.0 Å². The lowest BCUT2D eigenvalue weighted by atomic mass is 9.64. The first-order chi connectivity index (χ1) is 14.4. The molecule has 3 amide bonds. The Morgan fingerprint density at radius 3 is 2.42 bits per heavy atom. The quantitative estimate of drug-likeness (QED) is 0.512. The lowest BCUT2D eigenvalue weighted by Gasteiger charge is -2.50. The van der Waals surface area contributed by atoms with E-state index in [-0.39, 0.29) is 44.3 Å². The molecule has 11 heteroatoms. The average molecular weight is 468 g/mol. The van der Waals surface area contributed by atoms with Crippen molar-refractivity contribution in [3.63, 3.8) is 0 Å². The van der Waals surface area contributed by atoms with E-state index in [9.17, 15) is 27.2 Å². The maximum Gasteiger partial charge on any atom is 0.391 e. The number of urea groups is 1. The molecule has 1 saturated heterocycles. The van der Waals surface area contributed by atoms with E-state index in [0.29, 0.717) is 0 Å². The maximum atomic E-state index is 15.1. The number of piperazine rings is 1. The zero-order chi connectivity index (χ0) is 23.1. The van der Waals surface area contributed by atoms with E-state index in [1.54, 1.807) is 0 Å². The fourth-order valence-electron chi connectivity index (χ4n) is 5.04. The summed E-state index contributed by atoms with van der Waals surface area (Å²) >= 11 is 5.76. The van der Waals surface area contributed by atoms with Crippen molar-refractivity contribution < 1.29 is 31.5 Å². The normalized spacial score (nSPS) is 28.2. The molecule has 1 aromatic carbocycles. The summed E-state index contributed by atoms with van der Waals surface area (Å²) in [5.74, 6) is -5.88. The predicted molar refractivity (Wildman–Crippen MR) is 103 cm³/mol. The van der Waals surface area contributed by atoms with Gasteiger partial charge in [-0.2, -0.15) is 13.2 Å². The van der Waals surface area contributed by atoms with Gasteiger partial charge in [0.2, 0.25) is 5.91 Å². The SMILES string of the molecule is CC1([C@@H](c2ccc(F)c(Cl)c2F)C2CCC(C(F)(F)F)CC2)C(=O)NCCN1C(N)=O. The van der Waals surface area contributed by atoms with Gasteiger partial charge in [-0.05, 0) is 50.2 Å². The summed E-state index contributed by atoms with van der Waals surface area (Å²) in [5, 5.41) is 1.85. The van der Waals surface area contributed by atoms with Crippen molar-refractivity contribution in [1.29, 1.82) is 0 Å². The molecule has 0 aromatic heterocycles. The molecule has 1 heterocycles. The predicted octanol–water partition coefficient (Wildman–Crippen LogP) is 4.34. The maximum absolute atomic E-state index is 15.1. The first-order valence-corrected chi connectivity index (χ1v) is 10.3. The second kappa shape index (κ2) is 8.44. The van der Waals surface area contributed by atoms with Crippen LogP contribution < -0.4 is 11.1 Å². The standard InChI is InChI=1S/C20H23ClF5N3O2/c1-19(17(30)28-8-9-29(19)18(27)31)14(12-6-7-13(22)15(21)16(12)23)10-2-4-11(5-3-10)20(24,25)26/h6-7,10-11,14H,2-5,8-9H2,1H3,(H2,27,31)(H,28,30)/t10?,11?,14-,19?/m1/s1. The van der Waals surface area contributed by atoms with Gasteiger partial charge in [-0.1, -0.05) is 17.7 Å². The Kier molecular flexibility index (Phi) is 6.42. The molecule has 31 heavy (non-hydrogen) atoms. The van der Waals surface area contributed by atoms with E-state index in [4.69, 9.17) is 17.3 Å². The van der Waals surface area contributed by atoms with E-state index in [0.717, 1.165) is 17.0 Å². The Labute approximate surface area is 181 Å². The number of amides is 3. The van der Waals surface area contributed by atoms with Crippen LogP contribution in [0.5, 0.6) is 0 Å². The zero-order valence-corrected chi connectivity index (χ0v) is 17.5. The molecule has 3 N–H and O–H groups in total. The molecule has 2 atom stereocenters. The number of alkyl halides is 3. The molecule has 1 saturated carbocycles. The van der Waals surface area contributed by atoms with E-state index in [2.05, 4.69) is 5.32 Å². The van der Waals surface area contributed by atoms with Gasteiger partial charge in [0.25, 0.3) is 0 Å². The summed E-state index contributed by atoms with van der Waals surface area (Å²) in [5.41, 5.74) is 3.68. The summed E-state index contributed by atoms with van der Waals surface area (Å²) in [4.78, 5) is 26.3. The Hall–Kier alpha value is -2.10. The highest BCUT2D eigenvalue weighted by molar-refractivity contribution is 6.31. The van der Waals surface area contributed by atoms with Gasteiger partial charge in [-0.25, -0.2) is 13.6 Å². The van der Waals surface area contributed by atoms with E-state index < -0.39 is 58.1 Å². The summed E-state index contributed by atoms with van der Waals surface area (Å²) < 4.78 is 68.4. The molecule has 0 spiro atoms. The topological polar surface area (TPSA) is 75.4 Å². The third-order valence-electron chi connectivity index (χ3n) is 6.62. The third-order valence-corrected chi connectivity index (χ3v) is 6.97. The third kappa shape index (κ3) is 4.18. The number of carbonyl (C=O) groups excluding carboxylic acids is 2. The molecular formula is C20H23ClF5N3O2. The van der Waals surface area contributed by atoms with Crippen LogP contribution in [0.15, 0.2) is 12.1 Å². The lowest BCUT2D eigenvalue weighted by Crippen LogP contribution is -2.69. The van der Waals surface area contributed by atoms with Crippen LogP contribution in [0.1, 0.15) is 44.1 Å². The van der Waals surface area contributed by atoms with Crippen LogP contribution in [0.2, 0.25) is 5.02 Å². The number of benzene rings is 1. The molecule has 2 aliphatic rings.